The second kappa shape index (κ2) is 7.45. The van der Waals surface area contributed by atoms with Crippen LogP contribution in [0.5, 0.6) is 11.6 Å². The number of aromatic nitrogens is 3. The van der Waals surface area contributed by atoms with E-state index in [1.54, 1.807) is 19.4 Å². The van der Waals surface area contributed by atoms with Gasteiger partial charge in [-0.15, -0.1) is 11.3 Å². The van der Waals surface area contributed by atoms with Crippen LogP contribution in [0.15, 0.2) is 30.5 Å². The molecule has 6 nitrogen and oxygen atoms in total. The Labute approximate surface area is 176 Å². The van der Waals surface area contributed by atoms with Gasteiger partial charge in [0.1, 0.15) is 11.1 Å². The molecule has 2 aromatic heterocycles. The van der Waals surface area contributed by atoms with Crippen LogP contribution in [0.25, 0.3) is 31.8 Å². The Morgan fingerprint density at radius 1 is 1.13 bits per heavy atom. The summed E-state index contributed by atoms with van der Waals surface area (Å²) in [5.41, 5.74) is 3.85. The third kappa shape index (κ3) is 3.36. The fraction of sp³-hybridized carbons (Fsp3) is 0.318. The van der Waals surface area contributed by atoms with E-state index in [9.17, 15) is 9.50 Å². The van der Waals surface area contributed by atoms with E-state index >= 15 is 0 Å². The van der Waals surface area contributed by atoms with Gasteiger partial charge in [-0.25, -0.2) is 19.3 Å². The Morgan fingerprint density at radius 3 is 2.77 bits per heavy atom. The van der Waals surface area contributed by atoms with Gasteiger partial charge in [0.2, 0.25) is 5.88 Å². The molecule has 0 spiro atoms. The average molecular weight is 425 g/mol. The summed E-state index contributed by atoms with van der Waals surface area (Å²) in [6.45, 7) is 1.98. The van der Waals surface area contributed by atoms with Crippen LogP contribution in [-0.4, -0.2) is 39.4 Å². The van der Waals surface area contributed by atoms with Crippen LogP contribution in [0.4, 0.5) is 4.39 Å². The average Bonchev–Trinajstić information content (AvgIpc) is 3.32. The minimum Gasteiger partial charge on any atom is -0.485 e. The van der Waals surface area contributed by atoms with E-state index in [0.717, 1.165) is 33.7 Å². The van der Waals surface area contributed by atoms with Crippen LogP contribution in [0.2, 0.25) is 0 Å². The van der Waals surface area contributed by atoms with E-state index in [-0.39, 0.29) is 11.9 Å². The lowest BCUT2D eigenvalue weighted by atomic mass is 10.1. The first-order chi connectivity index (χ1) is 14.5. The van der Waals surface area contributed by atoms with Crippen molar-refractivity contribution in [2.45, 2.75) is 38.4 Å². The second-order valence-electron chi connectivity index (χ2n) is 7.52. The van der Waals surface area contributed by atoms with Crippen molar-refractivity contribution in [2.75, 3.05) is 7.11 Å². The Morgan fingerprint density at radius 2 is 2.00 bits per heavy atom. The number of halogens is 1. The van der Waals surface area contributed by atoms with Gasteiger partial charge in [-0.05, 0) is 43.9 Å². The van der Waals surface area contributed by atoms with Crippen LogP contribution in [-0.2, 0) is 0 Å². The highest BCUT2D eigenvalue weighted by molar-refractivity contribution is 7.21. The van der Waals surface area contributed by atoms with Crippen molar-refractivity contribution in [1.82, 2.24) is 15.0 Å². The third-order valence-electron chi connectivity index (χ3n) is 5.35. The number of thiazole rings is 1. The maximum Gasteiger partial charge on any atom is 0.232 e. The largest absolute Gasteiger partial charge is 0.485 e. The zero-order valence-corrected chi connectivity index (χ0v) is 17.4. The minimum atomic E-state index is -0.550. The smallest absolute Gasteiger partial charge is 0.232 e. The Kier molecular flexibility index (Phi) is 4.75. The molecule has 0 aliphatic heterocycles. The molecule has 0 radical (unpaired) electrons. The van der Waals surface area contributed by atoms with E-state index in [1.165, 1.54) is 17.4 Å². The lowest BCUT2D eigenvalue weighted by Crippen LogP contribution is -2.25. The van der Waals surface area contributed by atoms with Gasteiger partial charge in [0.15, 0.2) is 11.6 Å². The molecule has 4 aromatic rings. The van der Waals surface area contributed by atoms with Crippen LogP contribution < -0.4 is 9.47 Å². The van der Waals surface area contributed by atoms with Gasteiger partial charge < -0.3 is 14.6 Å². The van der Waals surface area contributed by atoms with E-state index in [2.05, 4.69) is 15.0 Å². The monoisotopic (exact) mass is 425 g/mol. The molecule has 1 fully saturated rings. The molecule has 1 aliphatic carbocycles. The summed E-state index contributed by atoms with van der Waals surface area (Å²) in [4.78, 5) is 13.6. The molecule has 8 heteroatoms. The first-order valence-corrected chi connectivity index (χ1v) is 10.6. The van der Waals surface area contributed by atoms with Gasteiger partial charge in [-0.2, -0.15) is 0 Å². The number of ether oxygens (including phenoxy) is 2. The Balaban J connectivity index is 1.58. The summed E-state index contributed by atoms with van der Waals surface area (Å²) in [6, 6.07) is 7.01. The Hall–Kier alpha value is -2.84. The van der Waals surface area contributed by atoms with Gasteiger partial charge in [0.05, 0.1) is 40.7 Å². The molecule has 0 unspecified atom stereocenters. The quantitative estimate of drug-likeness (QED) is 0.513. The fourth-order valence-corrected chi connectivity index (χ4v) is 4.84. The van der Waals surface area contributed by atoms with Crippen LogP contribution >= 0.6 is 11.3 Å². The molecule has 0 bridgehead atoms. The minimum absolute atomic E-state index is 0.155. The summed E-state index contributed by atoms with van der Waals surface area (Å²) in [5.74, 6) is 0.126. The lowest BCUT2D eigenvalue weighted by molar-refractivity contribution is 0.0580. The van der Waals surface area contributed by atoms with Gasteiger partial charge in [-0.3, -0.25) is 0 Å². The van der Waals surface area contributed by atoms with Gasteiger partial charge >= 0.3 is 0 Å². The number of methoxy groups -OCH3 is 1. The number of hydrogen-bond acceptors (Lipinski definition) is 7. The lowest BCUT2D eigenvalue weighted by Gasteiger charge is -2.17. The fourth-order valence-electron chi connectivity index (χ4n) is 3.85. The molecule has 1 N–H and O–H groups in total. The van der Waals surface area contributed by atoms with Crippen LogP contribution in [0, 0.1) is 12.7 Å². The van der Waals surface area contributed by atoms with Gasteiger partial charge in [0, 0.05) is 17.7 Å². The number of aryl methyl sites for hydroxylation is 1. The highest BCUT2D eigenvalue weighted by Crippen LogP contribution is 2.37. The van der Waals surface area contributed by atoms with Crippen molar-refractivity contribution in [3.05, 3.63) is 41.8 Å². The van der Waals surface area contributed by atoms with Crippen molar-refractivity contribution in [3.63, 3.8) is 0 Å². The zero-order chi connectivity index (χ0) is 20.8. The number of fused-ring (bicyclic) bond motifs is 2. The topological polar surface area (TPSA) is 77.4 Å². The first-order valence-electron chi connectivity index (χ1n) is 9.78. The standard InChI is InChI=1S/C22H20FN3O3S/c1-11-6-12(21-15(7-11)25-20(28-2)10-24-21)22-26-14-8-13(23)18(9-19(14)30-22)29-17-5-3-4-16(17)27/h6-10,16-17,27H,3-5H2,1-2H3/t16-,17+/m1/s1. The SMILES string of the molecule is COc1cnc2c(-c3nc4cc(F)c(O[C@H]5CCC[C@H]5O)cc4s3)cc(C)cc2n1. The molecule has 154 valence electrons. The molecular formula is C22H20FN3O3S. The van der Waals surface area contributed by atoms with E-state index in [4.69, 9.17) is 9.47 Å². The molecule has 5 rings (SSSR count). The molecule has 0 saturated heterocycles. The summed E-state index contributed by atoms with van der Waals surface area (Å²) in [5, 5.41) is 10.7. The number of benzene rings is 2. The maximum absolute atomic E-state index is 14.6. The number of nitrogens with zero attached hydrogens (tertiary/aromatic N) is 3. The van der Waals surface area contributed by atoms with Crippen molar-refractivity contribution in [3.8, 4) is 22.2 Å². The normalized spacial score (nSPS) is 18.9. The van der Waals surface area contributed by atoms with Crippen molar-refractivity contribution in [2.24, 2.45) is 0 Å². The van der Waals surface area contributed by atoms with Crippen LogP contribution in [0.1, 0.15) is 24.8 Å². The molecule has 30 heavy (non-hydrogen) atoms. The van der Waals surface area contributed by atoms with E-state index in [0.29, 0.717) is 28.9 Å². The summed E-state index contributed by atoms with van der Waals surface area (Å²) in [7, 11) is 1.55. The van der Waals surface area contributed by atoms with E-state index in [1.807, 2.05) is 19.1 Å². The van der Waals surface area contributed by atoms with Crippen molar-refractivity contribution in [1.29, 1.82) is 0 Å². The number of aliphatic hydroxyl groups excluding tert-OH is 1. The summed E-state index contributed by atoms with van der Waals surface area (Å²) in [6.07, 6.45) is 2.96. The number of hydrogen-bond donors (Lipinski definition) is 1. The molecular weight excluding hydrogens is 405 g/mol. The molecule has 0 amide bonds. The summed E-state index contributed by atoms with van der Waals surface area (Å²) >= 11 is 1.45. The van der Waals surface area contributed by atoms with Crippen molar-refractivity contribution < 1.29 is 19.0 Å². The molecule has 2 aromatic carbocycles. The van der Waals surface area contributed by atoms with Crippen molar-refractivity contribution >= 4 is 32.6 Å². The third-order valence-corrected chi connectivity index (χ3v) is 6.40. The highest BCUT2D eigenvalue weighted by atomic mass is 32.1. The number of aliphatic hydroxyl groups is 1. The first kappa shape index (κ1) is 19.1. The number of rotatable bonds is 4. The molecule has 2 heterocycles. The van der Waals surface area contributed by atoms with Crippen LogP contribution in [0.3, 0.4) is 0 Å². The predicted molar refractivity (Wildman–Crippen MR) is 114 cm³/mol. The second-order valence-corrected chi connectivity index (χ2v) is 8.55. The molecule has 1 aliphatic rings. The van der Waals surface area contributed by atoms with Gasteiger partial charge in [-0.1, -0.05) is 0 Å². The predicted octanol–water partition coefficient (Wildman–Crippen LogP) is 4.65. The highest BCUT2D eigenvalue weighted by Gasteiger charge is 2.28. The maximum atomic E-state index is 14.6. The van der Waals surface area contributed by atoms with Gasteiger partial charge in [0.25, 0.3) is 0 Å². The van der Waals surface area contributed by atoms with E-state index < -0.39 is 11.9 Å². The summed E-state index contributed by atoms with van der Waals surface area (Å²) < 4.78 is 26.4. The molecule has 1 saturated carbocycles. The zero-order valence-electron chi connectivity index (χ0n) is 16.6. The molecule has 2 atom stereocenters. The Bertz CT molecular complexity index is 1260.